The van der Waals surface area contributed by atoms with Gasteiger partial charge in [0.05, 0.1) is 17.4 Å². The number of hydrogen-bond acceptors (Lipinski definition) is 2. The molecule has 0 aliphatic heterocycles. The number of rotatable bonds is 3. The van der Waals surface area contributed by atoms with Gasteiger partial charge in [0, 0.05) is 19.4 Å². The first-order chi connectivity index (χ1) is 11.4. The third kappa shape index (κ3) is 2.78. The van der Waals surface area contributed by atoms with E-state index in [0.29, 0.717) is 5.82 Å². The normalized spacial score (nSPS) is 11.5. The molecule has 0 atom stereocenters. The van der Waals surface area contributed by atoms with Gasteiger partial charge in [-0.1, -0.05) is 6.07 Å². The van der Waals surface area contributed by atoms with E-state index in [4.69, 9.17) is 0 Å². The third-order valence-corrected chi connectivity index (χ3v) is 3.48. The maximum atomic E-state index is 12.9. The topological polar surface area (TPSA) is 51.9 Å². The Bertz CT molecular complexity index is 866. The van der Waals surface area contributed by atoms with E-state index in [0.717, 1.165) is 12.1 Å². The predicted molar refractivity (Wildman–Crippen MR) is 81.3 cm³/mol. The van der Waals surface area contributed by atoms with Crippen LogP contribution in [0.1, 0.15) is 15.9 Å². The van der Waals surface area contributed by atoms with E-state index >= 15 is 0 Å². The van der Waals surface area contributed by atoms with Crippen LogP contribution >= 0.6 is 0 Å². The highest BCUT2D eigenvalue weighted by Crippen LogP contribution is 2.31. The van der Waals surface area contributed by atoms with Crippen LogP contribution in [0.25, 0.3) is 11.5 Å². The van der Waals surface area contributed by atoms with Gasteiger partial charge < -0.3 is 9.88 Å². The van der Waals surface area contributed by atoms with Gasteiger partial charge in [0.25, 0.3) is 5.91 Å². The molecule has 0 saturated carbocycles. The summed E-state index contributed by atoms with van der Waals surface area (Å²) in [6.45, 7) is 0. The first-order valence-corrected chi connectivity index (χ1v) is 7.03. The molecule has 5 nitrogen and oxygen atoms in total. The Morgan fingerprint density at radius 1 is 1.17 bits per heavy atom. The molecule has 124 valence electrons. The Labute approximate surface area is 135 Å². The van der Waals surface area contributed by atoms with Crippen LogP contribution in [0.4, 0.5) is 13.2 Å². The first kappa shape index (κ1) is 15.9. The van der Waals surface area contributed by atoms with E-state index in [-0.39, 0.29) is 17.2 Å². The molecule has 24 heavy (non-hydrogen) atoms. The van der Waals surface area contributed by atoms with Crippen LogP contribution in [-0.4, -0.2) is 27.3 Å². The minimum atomic E-state index is -4.46. The number of nitrogens with zero attached hydrogens (tertiary/aromatic N) is 3. The van der Waals surface area contributed by atoms with Gasteiger partial charge in [-0.3, -0.25) is 4.79 Å². The fourth-order valence-corrected chi connectivity index (χ4v) is 2.36. The number of carbonyl (C=O) groups is 1. The zero-order chi connectivity index (χ0) is 17.3. The molecule has 0 spiro atoms. The Balaban J connectivity index is 2.19. The number of halogens is 3. The van der Waals surface area contributed by atoms with Crippen molar-refractivity contribution in [3.8, 4) is 11.5 Å². The molecule has 0 bridgehead atoms. The van der Waals surface area contributed by atoms with Crippen LogP contribution < -0.4 is 5.32 Å². The third-order valence-electron chi connectivity index (χ3n) is 3.48. The van der Waals surface area contributed by atoms with Gasteiger partial charge in [-0.15, -0.1) is 0 Å². The summed E-state index contributed by atoms with van der Waals surface area (Å²) in [5.41, 5.74) is -0.315. The summed E-state index contributed by atoms with van der Waals surface area (Å²) in [6.07, 6.45) is 0.246. The highest BCUT2D eigenvalue weighted by molar-refractivity contribution is 5.97. The molecule has 8 heteroatoms. The first-order valence-electron chi connectivity index (χ1n) is 7.03. The Morgan fingerprint density at radius 3 is 2.50 bits per heavy atom. The summed E-state index contributed by atoms with van der Waals surface area (Å²) < 4.78 is 41.8. The van der Waals surface area contributed by atoms with Gasteiger partial charge in [-0.2, -0.15) is 18.3 Å². The minimum absolute atomic E-state index is 0.212. The monoisotopic (exact) mass is 334 g/mol. The second kappa shape index (κ2) is 5.88. The molecular formula is C16H13F3N4O. The van der Waals surface area contributed by atoms with Crippen LogP contribution in [0.2, 0.25) is 0 Å². The molecular weight excluding hydrogens is 321 g/mol. The smallest absolute Gasteiger partial charge is 0.355 e. The lowest BCUT2D eigenvalue weighted by molar-refractivity contribution is -0.137. The van der Waals surface area contributed by atoms with Gasteiger partial charge in [0.1, 0.15) is 5.56 Å². The fraction of sp³-hybridized carbons (Fsp3) is 0.125. The van der Waals surface area contributed by atoms with Crippen molar-refractivity contribution >= 4 is 5.91 Å². The summed E-state index contributed by atoms with van der Waals surface area (Å²) >= 11 is 0. The van der Waals surface area contributed by atoms with Crippen LogP contribution in [0.5, 0.6) is 0 Å². The van der Waals surface area contributed by atoms with Gasteiger partial charge >= 0.3 is 6.18 Å². The maximum absolute atomic E-state index is 12.9. The van der Waals surface area contributed by atoms with Crippen LogP contribution in [0, 0.1) is 0 Å². The molecule has 1 amide bonds. The molecule has 3 aromatic rings. The lowest BCUT2D eigenvalue weighted by Crippen LogP contribution is -2.19. The maximum Gasteiger partial charge on any atom is 0.416 e. The van der Waals surface area contributed by atoms with E-state index in [1.165, 1.54) is 30.1 Å². The number of nitrogens with one attached hydrogen (secondary N) is 1. The number of benzene rings is 1. The van der Waals surface area contributed by atoms with Crippen LogP contribution in [0.3, 0.4) is 0 Å². The number of amides is 1. The van der Waals surface area contributed by atoms with Crippen molar-refractivity contribution in [1.29, 1.82) is 0 Å². The summed E-state index contributed by atoms with van der Waals surface area (Å²) in [7, 11) is 1.48. The molecule has 0 saturated heterocycles. The van der Waals surface area contributed by atoms with Gasteiger partial charge in [0.15, 0.2) is 5.82 Å². The summed E-state index contributed by atoms with van der Waals surface area (Å²) in [5, 5.41) is 6.60. The molecule has 0 radical (unpaired) electrons. The predicted octanol–water partition coefficient (Wildman–Crippen LogP) is 3.04. The average molecular weight is 334 g/mol. The van der Waals surface area contributed by atoms with Crippen molar-refractivity contribution in [3.63, 3.8) is 0 Å². The highest BCUT2D eigenvalue weighted by Gasteiger charge is 2.31. The fourth-order valence-electron chi connectivity index (χ4n) is 2.36. The molecule has 3 rings (SSSR count). The SMILES string of the molecule is CNC(=O)c1cnn(-c2cccc(C(F)(F)F)c2)c1-n1cccc1. The second-order valence-corrected chi connectivity index (χ2v) is 5.01. The van der Waals surface area contributed by atoms with Crippen molar-refractivity contribution in [3.05, 3.63) is 66.1 Å². The average Bonchev–Trinajstić information content (AvgIpc) is 3.22. The van der Waals surface area contributed by atoms with E-state index in [1.807, 2.05) is 0 Å². The molecule has 2 heterocycles. The molecule has 1 N–H and O–H groups in total. The Hall–Kier alpha value is -3.03. The van der Waals surface area contributed by atoms with Crippen molar-refractivity contribution in [2.75, 3.05) is 7.05 Å². The molecule has 0 fully saturated rings. The van der Waals surface area contributed by atoms with Gasteiger partial charge in [-0.25, -0.2) is 4.68 Å². The number of carbonyl (C=O) groups excluding carboxylic acids is 1. The van der Waals surface area contributed by atoms with Crippen molar-refractivity contribution < 1.29 is 18.0 Å². The molecule has 0 aliphatic rings. The summed E-state index contributed by atoms with van der Waals surface area (Å²) in [6, 6.07) is 8.28. The molecule has 0 unspecified atom stereocenters. The second-order valence-electron chi connectivity index (χ2n) is 5.01. The van der Waals surface area contributed by atoms with Crippen LogP contribution in [-0.2, 0) is 6.18 Å². The zero-order valence-electron chi connectivity index (χ0n) is 12.6. The molecule has 2 aromatic heterocycles. The van der Waals surface area contributed by atoms with Gasteiger partial charge in [-0.05, 0) is 30.3 Å². The molecule has 1 aromatic carbocycles. The quantitative estimate of drug-likeness (QED) is 0.800. The van der Waals surface area contributed by atoms with E-state index in [1.54, 1.807) is 29.1 Å². The molecule has 0 aliphatic carbocycles. The van der Waals surface area contributed by atoms with Crippen molar-refractivity contribution in [2.45, 2.75) is 6.18 Å². The van der Waals surface area contributed by atoms with Crippen LogP contribution in [0.15, 0.2) is 55.0 Å². The lowest BCUT2D eigenvalue weighted by atomic mass is 10.2. The van der Waals surface area contributed by atoms with E-state index < -0.39 is 11.7 Å². The van der Waals surface area contributed by atoms with Crippen molar-refractivity contribution in [2.24, 2.45) is 0 Å². The highest BCUT2D eigenvalue weighted by atomic mass is 19.4. The minimum Gasteiger partial charge on any atom is -0.355 e. The number of aromatic nitrogens is 3. The summed E-state index contributed by atoms with van der Waals surface area (Å²) in [4.78, 5) is 12.0. The number of hydrogen-bond donors (Lipinski definition) is 1. The number of alkyl halides is 3. The zero-order valence-corrected chi connectivity index (χ0v) is 12.6. The van der Waals surface area contributed by atoms with E-state index in [9.17, 15) is 18.0 Å². The van der Waals surface area contributed by atoms with E-state index in [2.05, 4.69) is 10.4 Å². The standard InChI is InChI=1S/C16H13F3N4O/c1-20-14(24)13-10-21-23(15(13)22-7-2-3-8-22)12-6-4-5-11(9-12)16(17,18)19/h2-10H,1H3,(H,20,24). The largest absolute Gasteiger partial charge is 0.416 e. The summed E-state index contributed by atoms with van der Waals surface area (Å²) in [5.74, 6) is -0.0180. The Morgan fingerprint density at radius 2 is 1.88 bits per heavy atom. The van der Waals surface area contributed by atoms with Gasteiger partial charge in [0.2, 0.25) is 0 Å². The Kier molecular flexibility index (Phi) is 3.88. The lowest BCUT2D eigenvalue weighted by Gasteiger charge is -2.12. The van der Waals surface area contributed by atoms with Crippen molar-refractivity contribution in [1.82, 2.24) is 19.7 Å².